The van der Waals surface area contributed by atoms with E-state index in [4.69, 9.17) is 11.6 Å². The Balaban J connectivity index is 1.88. The van der Waals surface area contributed by atoms with Gasteiger partial charge < -0.3 is 4.90 Å². The Morgan fingerprint density at radius 1 is 1.33 bits per heavy atom. The van der Waals surface area contributed by atoms with Crippen LogP contribution in [0.25, 0.3) is 5.65 Å². The highest BCUT2D eigenvalue weighted by Crippen LogP contribution is 2.20. The highest BCUT2D eigenvalue weighted by Gasteiger charge is 2.13. The molecule has 0 saturated heterocycles. The molecule has 0 aromatic carbocycles. The number of halogens is 1. The molecule has 1 unspecified atom stereocenters. The van der Waals surface area contributed by atoms with Gasteiger partial charge in [0.05, 0.1) is 15.8 Å². The molecule has 0 spiro atoms. The van der Waals surface area contributed by atoms with Crippen molar-refractivity contribution in [2.24, 2.45) is 0 Å². The van der Waals surface area contributed by atoms with Crippen molar-refractivity contribution >= 4 is 28.6 Å². The van der Waals surface area contributed by atoms with Crippen molar-refractivity contribution < 1.29 is 4.90 Å². The third kappa shape index (κ3) is 3.75. The summed E-state index contributed by atoms with van der Waals surface area (Å²) in [6, 6.07) is 11.3. The van der Waals surface area contributed by atoms with Crippen LogP contribution in [0, 0.1) is 6.92 Å². The molecule has 4 nitrogen and oxygen atoms in total. The second-order valence-corrected chi connectivity index (χ2v) is 7.55. The molecule has 3 aromatic rings. The van der Waals surface area contributed by atoms with E-state index in [0.717, 1.165) is 28.8 Å². The fourth-order valence-corrected chi connectivity index (χ4v) is 3.97. The number of nitrogens with zero attached hydrogens (tertiary/aromatic N) is 2. The smallest absolute Gasteiger partial charge is 0.258 e. The summed E-state index contributed by atoms with van der Waals surface area (Å²) < 4.78 is 2.43. The van der Waals surface area contributed by atoms with Crippen molar-refractivity contribution in [3.8, 4) is 0 Å². The number of aryl methyl sites for hydroxylation is 1. The first-order valence-corrected chi connectivity index (χ1v) is 8.93. The standard InChI is InChI=1S/C18H18ClN3OS/c1-3-9-21(12-15-7-8-16(19)24-15)11-14-10-18(23)22-13(2)5-4-6-17(22)20-14/h3-8,10H,1,9,11-12H2,2H3/p+1. The highest BCUT2D eigenvalue weighted by molar-refractivity contribution is 7.16. The van der Waals surface area contributed by atoms with Crippen LogP contribution in [0.2, 0.25) is 4.34 Å². The molecular weight excluding hydrogens is 342 g/mol. The average molecular weight is 361 g/mol. The van der Waals surface area contributed by atoms with Gasteiger partial charge in [-0.15, -0.1) is 11.3 Å². The van der Waals surface area contributed by atoms with Crippen LogP contribution in [0.3, 0.4) is 0 Å². The largest absolute Gasteiger partial charge is 0.322 e. The number of fused-ring (bicyclic) bond motifs is 1. The number of quaternary nitrogens is 1. The van der Waals surface area contributed by atoms with E-state index < -0.39 is 0 Å². The quantitative estimate of drug-likeness (QED) is 0.686. The molecule has 1 N–H and O–H groups in total. The fourth-order valence-electron chi connectivity index (χ4n) is 2.81. The summed E-state index contributed by atoms with van der Waals surface area (Å²) in [7, 11) is 0. The second-order valence-electron chi connectivity index (χ2n) is 5.75. The lowest BCUT2D eigenvalue weighted by atomic mass is 10.3. The number of rotatable bonds is 6. The number of hydrogen-bond donors (Lipinski definition) is 1. The third-order valence-electron chi connectivity index (χ3n) is 3.85. The van der Waals surface area contributed by atoms with Crippen LogP contribution in [-0.4, -0.2) is 15.9 Å². The predicted octanol–water partition coefficient (Wildman–Crippen LogP) is 2.49. The molecule has 0 fully saturated rings. The van der Waals surface area contributed by atoms with Gasteiger partial charge in [-0.1, -0.05) is 24.2 Å². The van der Waals surface area contributed by atoms with Gasteiger partial charge in [-0.25, -0.2) is 4.98 Å². The molecule has 24 heavy (non-hydrogen) atoms. The van der Waals surface area contributed by atoms with Crippen LogP contribution in [0.15, 0.2) is 53.8 Å². The lowest BCUT2D eigenvalue weighted by molar-refractivity contribution is -0.921. The van der Waals surface area contributed by atoms with Gasteiger partial charge in [0.2, 0.25) is 0 Å². The molecule has 3 rings (SSSR count). The van der Waals surface area contributed by atoms with E-state index >= 15 is 0 Å². The molecule has 0 amide bonds. The minimum atomic E-state index is -0.0368. The maximum Gasteiger partial charge on any atom is 0.258 e. The summed E-state index contributed by atoms with van der Waals surface area (Å²) in [4.78, 5) is 19.5. The van der Waals surface area contributed by atoms with Crippen molar-refractivity contribution in [3.63, 3.8) is 0 Å². The third-order valence-corrected chi connectivity index (χ3v) is 5.08. The minimum absolute atomic E-state index is 0.0368. The normalized spacial score (nSPS) is 12.4. The molecule has 6 heteroatoms. The van der Waals surface area contributed by atoms with E-state index in [-0.39, 0.29) is 5.56 Å². The van der Waals surface area contributed by atoms with Crippen LogP contribution in [-0.2, 0) is 13.1 Å². The van der Waals surface area contributed by atoms with Gasteiger partial charge in [0, 0.05) is 11.8 Å². The first-order chi connectivity index (χ1) is 11.6. The SMILES string of the molecule is C=CC[NH+](Cc1cc(=O)n2c(C)cccc2n1)Cc1ccc(Cl)s1. The molecule has 124 valence electrons. The molecule has 0 radical (unpaired) electrons. The van der Waals surface area contributed by atoms with Crippen molar-refractivity contribution in [2.75, 3.05) is 6.54 Å². The second kappa shape index (κ2) is 7.30. The summed E-state index contributed by atoms with van der Waals surface area (Å²) in [6.07, 6.45) is 1.89. The maximum absolute atomic E-state index is 12.4. The van der Waals surface area contributed by atoms with Gasteiger partial charge in [-0.05, 0) is 37.3 Å². The summed E-state index contributed by atoms with van der Waals surface area (Å²) in [6.45, 7) is 8.04. The highest BCUT2D eigenvalue weighted by atomic mass is 35.5. The number of thiophene rings is 1. The Hall–Kier alpha value is -1.95. The minimum Gasteiger partial charge on any atom is -0.322 e. The van der Waals surface area contributed by atoms with Gasteiger partial charge in [0.1, 0.15) is 24.4 Å². The molecule has 0 aliphatic carbocycles. The van der Waals surface area contributed by atoms with Gasteiger partial charge in [-0.3, -0.25) is 9.20 Å². The number of nitrogens with one attached hydrogen (secondary N) is 1. The lowest BCUT2D eigenvalue weighted by Crippen LogP contribution is -3.09. The summed E-state index contributed by atoms with van der Waals surface area (Å²) in [5, 5.41) is 0. The summed E-state index contributed by atoms with van der Waals surface area (Å²) in [5.74, 6) is 0. The number of hydrogen-bond acceptors (Lipinski definition) is 3. The van der Waals surface area contributed by atoms with E-state index in [1.165, 1.54) is 9.78 Å². The number of pyridine rings is 1. The Morgan fingerprint density at radius 3 is 2.88 bits per heavy atom. The Bertz CT molecular complexity index is 931. The Kier molecular flexibility index (Phi) is 5.14. The van der Waals surface area contributed by atoms with Crippen molar-refractivity contribution in [1.82, 2.24) is 9.38 Å². The molecule has 0 aliphatic heterocycles. The molecule has 3 aromatic heterocycles. The molecule has 0 bridgehead atoms. The van der Waals surface area contributed by atoms with E-state index in [2.05, 4.69) is 11.6 Å². The van der Waals surface area contributed by atoms with Gasteiger partial charge in [-0.2, -0.15) is 0 Å². The van der Waals surface area contributed by atoms with Crippen molar-refractivity contribution in [3.05, 3.63) is 80.0 Å². The van der Waals surface area contributed by atoms with Gasteiger partial charge >= 0.3 is 0 Å². The van der Waals surface area contributed by atoms with E-state index in [1.807, 2.05) is 43.3 Å². The monoisotopic (exact) mass is 360 g/mol. The molecule has 0 aliphatic rings. The van der Waals surface area contributed by atoms with Crippen LogP contribution >= 0.6 is 22.9 Å². The van der Waals surface area contributed by atoms with Crippen LogP contribution in [0.4, 0.5) is 0 Å². The van der Waals surface area contributed by atoms with Crippen molar-refractivity contribution in [2.45, 2.75) is 20.0 Å². The van der Waals surface area contributed by atoms with E-state index in [9.17, 15) is 4.79 Å². The Morgan fingerprint density at radius 2 is 2.17 bits per heavy atom. The topological polar surface area (TPSA) is 38.8 Å². The van der Waals surface area contributed by atoms with Crippen LogP contribution < -0.4 is 10.5 Å². The lowest BCUT2D eigenvalue weighted by Gasteiger charge is -2.17. The zero-order chi connectivity index (χ0) is 17.1. The Labute approximate surface area is 149 Å². The van der Waals surface area contributed by atoms with Crippen molar-refractivity contribution in [1.29, 1.82) is 0 Å². The fraction of sp³-hybridized carbons (Fsp3) is 0.222. The molecule has 0 saturated carbocycles. The first-order valence-electron chi connectivity index (χ1n) is 7.74. The molecule has 1 atom stereocenters. The molecular formula is C18H19ClN3OS+. The van der Waals surface area contributed by atoms with Gasteiger partial charge in [0.15, 0.2) is 0 Å². The van der Waals surface area contributed by atoms with Gasteiger partial charge in [0.25, 0.3) is 5.56 Å². The van der Waals surface area contributed by atoms with E-state index in [0.29, 0.717) is 12.2 Å². The molecule has 3 heterocycles. The summed E-state index contributed by atoms with van der Waals surface area (Å²) in [5.41, 5.74) is 2.34. The predicted molar refractivity (Wildman–Crippen MR) is 99.0 cm³/mol. The average Bonchev–Trinajstić information content (AvgIpc) is 2.92. The van der Waals surface area contributed by atoms with E-state index in [1.54, 1.807) is 21.8 Å². The van der Waals surface area contributed by atoms with Crippen LogP contribution in [0.1, 0.15) is 16.3 Å². The zero-order valence-electron chi connectivity index (χ0n) is 13.5. The summed E-state index contributed by atoms with van der Waals surface area (Å²) >= 11 is 7.60. The zero-order valence-corrected chi connectivity index (χ0v) is 15.0. The first kappa shape index (κ1) is 16.9. The van der Waals surface area contributed by atoms with Crippen LogP contribution in [0.5, 0.6) is 0 Å². The maximum atomic E-state index is 12.4. The number of aromatic nitrogens is 2.